The first-order valence-corrected chi connectivity index (χ1v) is 6.20. The Morgan fingerprint density at radius 3 is 2.93 bits per heavy atom. The van der Waals surface area contributed by atoms with E-state index in [1.54, 1.807) is 11.3 Å². The van der Waals surface area contributed by atoms with E-state index in [2.05, 4.69) is 21.7 Å². The van der Waals surface area contributed by atoms with Crippen LogP contribution in [0.15, 0.2) is 16.8 Å². The van der Waals surface area contributed by atoms with Gasteiger partial charge in [0.1, 0.15) is 0 Å². The van der Waals surface area contributed by atoms with Crippen molar-refractivity contribution >= 4 is 33.7 Å². The highest BCUT2D eigenvalue weighted by atomic mass is 32.1. The van der Waals surface area contributed by atoms with Gasteiger partial charge in [-0.3, -0.25) is 4.79 Å². The predicted molar refractivity (Wildman–Crippen MR) is 64.5 cm³/mol. The summed E-state index contributed by atoms with van der Waals surface area (Å²) in [6.45, 7) is 3.44. The number of nitrogens with zero attached hydrogens (tertiary/aromatic N) is 1. The van der Waals surface area contributed by atoms with Gasteiger partial charge in [0, 0.05) is 12.5 Å². The summed E-state index contributed by atoms with van der Waals surface area (Å²) in [5.41, 5.74) is 2.13. The molecule has 0 aliphatic heterocycles. The van der Waals surface area contributed by atoms with Crippen molar-refractivity contribution in [1.82, 2.24) is 4.98 Å². The first kappa shape index (κ1) is 10.3. The van der Waals surface area contributed by atoms with Gasteiger partial charge in [0.2, 0.25) is 5.91 Å². The number of thiazole rings is 1. The number of aromatic nitrogens is 1. The Morgan fingerprint density at radius 2 is 2.33 bits per heavy atom. The molecule has 0 aliphatic carbocycles. The van der Waals surface area contributed by atoms with Crippen molar-refractivity contribution in [3.05, 3.63) is 22.5 Å². The van der Waals surface area contributed by atoms with Crippen LogP contribution < -0.4 is 5.32 Å². The Bertz CT molecular complexity index is 474. The highest BCUT2D eigenvalue weighted by molar-refractivity contribution is 7.19. The van der Waals surface area contributed by atoms with Gasteiger partial charge in [-0.1, -0.05) is 11.3 Å². The molecule has 15 heavy (non-hydrogen) atoms. The highest BCUT2D eigenvalue weighted by Gasteiger charge is 2.10. The van der Waals surface area contributed by atoms with E-state index in [4.69, 9.17) is 0 Å². The molecule has 78 valence electrons. The third-order valence-electron chi connectivity index (χ3n) is 1.86. The quantitative estimate of drug-likeness (QED) is 0.873. The van der Waals surface area contributed by atoms with E-state index in [0.29, 0.717) is 5.13 Å². The zero-order valence-corrected chi connectivity index (χ0v) is 10.0. The van der Waals surface area contributed by atoms with E-state index >= 15 is 0 Å². The Kier molecular flexibility index (Phi) is 2.83. The van der Waals surface area contributed by atoms with Crippen LogP contribution in [0.25, 0.3) is 10.4 Å². The van der Waals surface area contributed by atoms with Crippen molar-refractivity contribution in [3.63, 3.8) is 0 Å². The number of thiophene rings is 1. The third kappa shape index (κ3) is 2.24. The van der Waals surface area contributed by atoms with E-state index < -0.39 is 0 Å². The molecule has 3 nitrogen and oxygen atoms in total. The van der Waals surface area contributed by atoms with Crippen molar-refractivity contribution in [1.29, 1.82) is 0 Å². The van der Waals surface area contributed by atoms with Crippen molar-refractivity contribution in [2.45, 2.75) is 13.8 Å². The zero-order chi connectivity index (χ0) is 10.8. The van der Waals surface area contributed by atoms with Gasteiger partial charge in [0.05, 0.1) is 10.6 Å². The van der Waals surface area contributed by atoms with Crippen molar-refractivity contribution in [3.8, 4) is 10.4 Å². The number of hydrogen-bond donors (Lipinski definition) is 1. The molecule has 0 aromatic carbocycles. The van der Waals surface area contributed by atoms with E-state index in [1.807, 2.05) is 12.3 Å². The summed E-state index contributed by atoms with van der Waals surface area (Å²) >= 11 is 3.17. The topological polar surface area (TPSA) is 42.0 Å². The molecule has 0 atom stereocenters. The summed E-state index contributed by atoms with van der Waals surface area (Å²) < 4.78 is 0. The van der Waals surface area contributed by atoms with Crippen LogP contribution in [0.1, 0.15) is 12.6 Å². The fraction of sp³-hybridized carbons (Fsp3) is 0.200. The lowest BCUT2D eigenvalue weighted by molar-refractivity contribution is -0.114. The summed E-state index contributed by atoms with van der Waals surface area (Å²) in [6, 6.07) is 2.06. The van der Waals surface area contributed by atoms with Gasteiger partial charge in [0.15, 0.2) is 5.13 Å². The van der Waals surface area contributed by atoms with Crippen LogP contribution >= 0.6 is 22.7 Å². The molecule has 0 radical (unpaired) electrons. The summed E-state index contributed by atoms with van der Waals surface area (Å²) in [7, 11) is 0. The van der Waals surface area contributed by atoms with Crippen molar-refractivity contribution in [2.75, 3.05) is 5.32 Å². The van der Waals surface area contributed by atoms with Crippen LogP contribution in [-0.2, 0) is 4.79 Å². The van der Waals surface area contributed by atoms with E-state index in [1.165, 1.54) is 23.8 Å². The average Bonchev–Trinajstić information content (AvgIpc) is 2.72. The van der Waals surface area contributed by atoms with E-state index in [9.17, 15) is 4.79 Å². The largest absolute Gasteiger partial charge is 0.302 e. The second-order valence-corrected chi connectivity index (χ2v) is 4.91. The van der Waals surface area contributed by atoms with Crippen LogP contribution in [0.2, 0.25) is 0 Å². The fourth-order valence-electron chi connectivity index (χ4n) is 1.26. The molecular formula is C10H10N2OS2. The van der Waals surface area contributed by atoms with Crippen LogP contribution in [0, 0.1) is 6.92 Å². The summed E-state index contributed by atoms with van der Waals surface area (Å²) in [5, 5.41) is 7.48. The highest BCUT2D eigenvalue weighted by Crippen LogP contribution is 2.33. The Labute approximate surface area is 95.8 Å². The molecule has 2 aromatic heterocycles. The number of amides is 1. The maximum absolute atomic E-state index is 10.9. The maximum Gasteiger partial charge on any atom is 0.223 e. The maximum atomic E-state index is 10.9. The average molecular weight is 238 g/mol. The van der Waals surface area contributed by atoms with Gasteiger partial charge in [-0.2, -0.15) is 11.3 Å². The molecule has 0 saturated heterocycles. The molecular weight excluding hydrogens is 228 g/mol. The SMILES string of the molecule is CC(=O)Nc1nc(C)c(-c2ccsc2)s1. The summed E-state index contributed by atoms with van der Waals surface area (Å²) in [6.07, 6.45) is 0. The lowest BCUT2D eigenvalue weighted by Crippen LogP contribution is -2.04. The second-order valence-electron chi connectivity index (χ2n) is 3.13. The zero-order valence-electron chi connectivity index (χ0n) is 8.40. The Balaban J connectivity index is 2.34. The fourth-order valence-corrected chi connectivity index (χ4v) is 2.99. The standard InChI is InChI=1S/C10H10N2OS2/c1-6-9(8-3-4-14-5-8)15-10(11-6)12-7(2)13/h3-5H,1-2H3,(H,11,12,13). The monoisotopic (exact) mass is 238 g/mol. The van der Waals surface area contributed by atoms with Crippen LogP contribution in [0.5, 0.6) is 0 Å². The van der Waals surface area contributed by atoms with Crippen molar-refractivity contribution < 1.29 is 4.79 Å². The minimum Gasteiger partial charge on any atom is -0.302 e. The van der Waals surface area contributed by atoms with Crippen LogP contribution in [0.4, 0.5) is 5.13 Å². The number of hydrogen-bond acceptors (Lipinski definition) is 4. The molecule has 2 rings (SSSR count). The number of carbonyl (C=O) groups excluding carboxylic acids is 1. The molecule has 2 aromatic rings. The van der Waals surface area contributed by atoms with Crippen molar-refractivity contribution in [2.24, 2.45) is 0 Å². The van der Waals surface area contributed by atoms with Gasteiger partial charge in [-0.05, 0) is 23.8 Å². The molecule has 1 amide bonds. The first-order valence-electron chi connectivity index (χ1n) is 4.44. The molecule has 0 bridgehead atoms. The smallest absolute Gasteiger partial charge is 0.223 e. The molecule has 0 fully saturated rings. The molecule has 0 unspecified atom stereocenters. The molecule has 0 saturated carbocycles. The molecule has 5 heteroatoms. The number of anilines is 1. The number of nitrogens with one attached hydrogen (secondary N) is 1. The lowest BCUT2D eigenvalue weighted by Gasteiger charge is -1.92. The van der Waals surface area contributed by atoms with Gasteiger partial charge in [-0.15, -0.1) is 0 Å². The third-order valence-corrected chi connectivity index (χ3v) is 3.67. The van der Waals surface area contributed by atoms with Gasteiger partial charge >= 0.3 is 0 Å². The van der Waals surface area contributed by atoms with Gasteiger partial charge in [0.25, 0.3) is 0 Å². The Hall–Kier alpha value is -1.20. The predicted octanol–water partition coefficient (Wildman–Crippen LogP) is 3.14. The van der Waals surface area contributed by atoms with Gasteiger partial charge < -0.3 is 5.32 Å². The summed E-state index contributed by atoms with van der Waals surface area (Å²) in [4.78, 5) is 16.3. The summed E-state index contributed by atoms with van der Waals surface area (Å²) in [5.74, 6) is -0.0828. The number of aryl methyl sites for hydroxylation is 1. The number of carbonyl (C=O) groups is 1. The van der Waals surface area contributed by atoms with Crippen LogP contribution in [-0.4, -0.2) is 10.9 Å². The lowest BCUT2D eigenvalue weighted by atomic mass is 10.2. The molecule has 0 aliphatic rings. The van der Waals surface area contributed by atoms with E-state index in [0.717, 1.165) is 10.6 Å². The normalized spacial score (nSPS) is 10.3. The minimum absolute atomic E-state index is 0.0828. The van der Waals surface area contributed by atoms with Crippen LogP contribution in [0.3, 0.4) is 0 Å². The number of rotatable bonds is 2. The minimum atomic E-state index is -0.0828. The Morgan fingerprint density at radius 1 is 1.53 bits per heavy atom. The second kappa shape index (κ2) is 4.12. The molecule has 2 heterocycles. The molecule has 0 spiro atoms. The first-order chi connectivity index (χ1) is 7.16. The molecule has 1 N–H and O–H groups in total. The van der Waals surface area contributed by atoms with E-state index in [-0.39, 0.29) is 5.91 Å². The van der Waals surface area contributed by atoms with Gasteiger partial charge in [-0.25, -0.2) is 4.98 Å².